The molecule has 0 aliphatic heterocycles. The van der Waals surface area contributed by atoms with Crippen molar-refractivity contribution in [1.82, 2.24) is 14.8 Å². The maximum atomic E-state index is 11.6. The Morgan fingerprint density at radius 2 is 2.25 bits per heavy atom. The van der Waals surface area contributed by atoms with E-state index >= 15 is 0 Å². The Bertz CT molecular complexity index is 344. The van der Waals surface area contributed by atoms with Gasteiger partial charge in [0.2, 0.25) is 5.91 Å². The minimum absolute atomic E-state index is 0.106. The first-order valence-electron chi connectivity index (χ1n) is 5.63. The zero-order valence-corrected chi connectivity index (χ0v) is 10.5. The smallest absolute Gasteiger partial charge is 0.238 e. The number of hydrogen-bond donors (Lipinski definition) is 1. The molecule has 0 radical (unpaired) electrons. The summed E-state index contributed by atoms with van der Waals surface area (Å²) in [4.78, 5) is 13.2. The number of aromatic nitrogens is 1. The third-order valence-corrected chi connectivity index (χ3v) is 2.60. The van der Waals surface area contributed by atoms with Gasteiger partial charge in [-0.25, -0.2) is 0 Å². The fourth-order valence-corrected chi connectivity index (χ4v) is 1.54. The van der Waals surface area contributed by atoms with Crippen molar-refractivity contribution in [2.24, 2.45) is 0 Å². The molecule has 1 unspecified atom stereocenters. The number of nitrogens with one attached hydrogen (secondary N) is 1. The lowest BCUT2D eigenvalue weighted by Crippen LogP contribution is -2.41. The molecule has 0 aliphatic rings. The first-order chi connectivity index (χ1) is 7.54. The molecule has 4 heteroatoms. The van der Waals surface area contributed by atoms with E-state index < -0.39 is 0 Å². The van der Waals surface area contributed by atoms with E-state index in [9.17, 15) is 4.79 Å². The molecule has 1 aromatic rings. The van der Waals surface area contributed by atoms with Crippen LogP contribution in [0.4, 0.5) is 0 Å². The van der Waals surface area contributed by atoms with Crippen molar-refractivity contribution in [3.05, 3.63) is 24.0 Å². The van der Waals surface area contributed by atoms with Crippen LogP contribution in [0.5, 0.6) is 0 Å². The van der Waals surface area contributed by atoms with Gasteiger partial charge in [-0.2, -0.15) is 0 Å². The Morgan fingerprint density at radius 3 is 2.75 bits per heavy atom. The number of hydrogen-bond acceptors (Lipinski definition) is 2. The van der Waals surface area contributed by atoms with E-state index in [1.165, 1.54) is 5.56 Å². The van der Waals surface area contributed by atoms with Crippen molar-refractivity contribution >= 4 is 5.91 Å². The summed E-state index contributed by atoms with van der Waals surface area (Å²) >= 11 is 0. The third-order valence-electron chi connectivity index (χ3n) is 2.60. The highest BCUT2D eigenvalue weighted by Gasteiger charge is 2.13. The van der Waals surface area contributed by atoms with E-state index in [0.29, 0.717) is 0 Å². The summed E-state index contributed by atoms with van der Waals surface area (Å²) in [7, 11) is 3.54. The predicted octanol–water partition coefficient (Wildman–Crippen LogP) is 1.07. The van der Waals surface area contributed by atoms with E-state index in [-0.39, 0.29) is 11.9 Å². The highest BCUT2D eigenvalue weighted by molar-refractivity contribution is 5.80. The van der Waals surface area contributed by atoms with Crippen LogP contribution in [-0.2, 0) is 17.9 Å². The van der Waals surface area contributed by atoms with Crippen LogP contribution in [-0.4, -0.2) is 35.5 Å². The molecule has 16 heavy (non-hydrogen) atoms. The van der Waals surface area contributed by atoms with Gasteiger partial charge in [0.25, 0.3) is 0 Å². The van der Waals surface area contributed by atoms with Crippen molar-refractivity contribution in [3.8, 4) is 0 Å². The molecule has 0 aromatic carbocycles. The van der Waals surface area contributed by atoms with Gasteiger partial charge in [0.05, 0.1) is 6.04 Å². The van der Waals surface area contributed by atoms with Gasteiger partial charge in [0, 0.05) is 39.6 Å². The van der Waals surface area contributed by atoms with Gasteiger partial charge in [-0.1, -0.05) is 0 Å². The Balaban J connectivity index is 2.42. The summed E-state index contributed by atoms with van der Waals surface area (Å²) in [5.74, 6) is 0.106. The fourth-order valence-electron chi connectivity index (χ4n) is 1.54. The van der Waals surface area contributed by atoms with E-state index in [1.807, 2.05) is 6.92 Å². The van der Waals surface area contributed by atoms with Crippen molar-refractivity contribution in [2.45, 2.75) is 33.0 Å². The maximum absolute atomic E-state index is 11.6. The van der Waals surface area contributed by atoms with Crippen LogP contribution in [0.2, 0.25) is 0 Å². The van der Waals surface area contributed by atoms with Gasteiger partial charge in [-0.15, -0.1) is 0 Å². The second kappa shape index (κ2) is 5.70. The number of amides is 1. The Hall–Kier alpha value is -1.29. The summed E-state index contributed by atoms with van der Waals surface area (Å²) in [6.07, 6.45) is 4.15. The van der Waals surface area contributed by atoms with Gasteiger partial charge >= 0.3 is 0 Å². The molecule has 4 nitrogen and oxygen atoms in total. The number of aryl methyl sites for hydroxylation is 1. The van der Waals surface area contributed by atoms with E-state index in [2.05, 4.69) is 35.3 Å². The molecular weight excluding hydrogens is 202 g/mol. The second-order valence-electron chi connectivity index (χ2n) is 4.19. The van der Waals surface area contributed by atoms with Crippen molar-refractivity contribution in [1.29, 1.82) is 0 Å². The molecule has 1 N–H and O–H groups in total. The number of nitrogens with zero attached hydrogens (tertiary/aromatic N) is 2. The van der Waals surface area contributed by atoms with Crippen LogP contribution < -0.4 is 5.32 Å². The average molecular weight is 223 g/mol. The largest absolute Gasteiger partial charge is 0.354 e. The van der Waals surface area contributed by atoms with Gasteiger partial charge in [0.1, 0.15) is 0 Å². The Morgan fingerprint density at radius 1 is 1.56 bits per heavy atom. The molecule has 0 saturated heterocycles. The molecule has 0 bridgehead atoms. The molecule has 0 aliphatic carbocycles. The molecule has 1 atom stereocenters. The number of carbonyl (C=O) groups is 1. The van der Waals surface area contributed by atoms with Crippen molar-refractivity contribution in [3.63, 3.8) is 0 Å². The Labute approximate surface area is 97.2 Å². The summed E-state index contributed by atoms with van der Waals surface area (Å²) in [6, 6.07) is 1.93. The molecule has 0 saturated carbocycles. The van der Waals surface area contributed by atoms with Gasteiger partial charge in [0.15, 0.2) is 0 Å². The van der Waals surface area contributed by atoms with Gasteiger partial charge < -0.3 is 14.8 Å². The number of rotatable bonds is 5. The normalized spacial score (nSPS) is 12.5. The van der Waals surface area contributed by atoms with E-state index in [4.69, 9.17) is 0 Å². The molecule has 1 aromatic heterocycles. The van der Waals surface area contributed by atoms with Gasteiger partial charge in [-0.05, 0) is 25.5 Å². The maximum Gasteiger partial charge on any atom is 0.238 e. The first kappa shape index (κ1) is 12.8. The highest BCUT2D eigenvalue weighted by atomic mass is 16.2. The van der Waals surface area contributed by atoms with Crippen LogP contribution in [0.15, 0.2) is 18.5 Å². The van der Waals surface area contributed by atoms with Crippen LogP contribution in [0.3, 0.4) is 0 Å². The Kier molecular flexibility index (Phi) is 4.55. The lowest BCUT2D eigenvalue weighted by atomic mass is 10.2. The standard InChI is InChI=1S/C12H21N3O/c1-5-15-7-6-11(9-15)8-13-10(2)12(16)14(3)4/h6-7,9-10,13H,5,8H2,1-4H3. The minimum atomic E-state index is -0.139. The fraction of sp³-hybridized carbons (Fsp3) is 0.583. The number of likely N-dealkylation sites (N-methyl/N-ethyl adjacent to an activating group) is 1. The monoisotopic (exact) mass is 223 g/mol. The third kappa shape index (κ3) is 3.38. The molecule has 1 amide bonds. The second-order valence-corrected chi connectivity index (χ2v) is 4.19. The average Bonchev–Trinajstić information content (AvgIpc) is 2.72. The lowest BCUT2D eigenvalue weighted by Gasteiger charge is -2.17. The van der Waals surface area contributed by atoms with E-state index in [1.54, 1.807) is 19.0 Å². The molecule has 0 spiro atoms. The van der Waals surface area contributed by atoms with Crippen molar-refractivity contribution in [2.75, 3.05) is 14.1 Å². The summed E-state index contributed by atoms with van der Waals surface area (Å²) in [5, 5.41) is 3.21. The molecule has 1 rings (SSSR count). The molecular formula is C12H21N3O. The van der Waals surface area contributed by atoms with Crippen LogP contribution >= 0.6 is 0 Å². The lowest BCUT2D eigenvalue weighted by molar-refractivity contribution is -0.130. The van der Waals surface area contributed by atoms with Crippen LogP contribution in [0.1, 0.15) is 19.4 Å². The SMILES string of the molecule is CCn1ccc(CNC(C)C(=O)N(C)C)c1. The minimum Gasteiger partial charge on any atom is -0.354 e. The summed E-state index contributed by atoms with van der Waals surface area (Å²) < 4.78 is 2.12. The van der Waals surface area contributed by atoms with Crippen LogP contribution in [0, 0.1) is 0 Å². The van der Waals surface area contributed by atoms with E-state index in [0.717, 1.165) is 13.1 Å². The van der Waals surface area contributed by atoms with Crippen molar-refractivity contribution < 1.29 is 4.79 Å². The zero-order chi connectivity index (χ0) is 12.1. The quantitative estimate of drug-likeness (QED) is 0.811. The number of carbonyl (C=O) groups excluding carboxylic acids is 1. The predicted molar refractivity (Wildman–Crippen MR) is 65.1 cm³/mol. The van der Waals surface area contributed by atoms with Gasteiger partial charge in [-0.3, -0.25) is 4.79 Å². The first-order valence-corrected chi connectivity index (χ1v) is 5.63. The summed E-state index contributed by atoms with van der Waals surface area (Å²) in [5.41, 5.74) is 1.21. The molecule has 90 valence electrons. The molecule has 0 fully saturated rings. The highest BCUT2D eigenvalue weighted by Crippen LogP contribution is 2.01. The molecule has 1 heterocycles. The topological polar surface area (TPSA) is 37.3 Å². The zero-order valence-electron chi connectivity index (χ0n) is 10.5. The van der Waals surface area contributed by atoms with Crippen LogP contribution in [0.25, 0.3) is 0 Å². The summed E-state index contributed by atoms with van der Waals surface area (Å²) in [6.45, 7) is 5.70.